The number of nitrogens with zero attached hydrogens (tertiary/aromatic N) is 1. The van der Waals surface area contributed by atoms with Crippen LogP contribution in [0.5, 0.6) is 11.5 Å². The van der Waals surface area contributed by atoms with Crippen molar-refractivity contribution < 1.29 is 24.2 Å². The Kier molecular flexibility index (Phi) is 5.84. The topological polar surface area (TPSA) is 109 Å². The van der Waals surface area contributed by atoms with E-state index in [0.717, 1.165) is 0 Å². The van der Waals surface area contributed by atoms with Crippen LogP contribution in [0, 0.1) is 11.3 Å². The Morgan fingerprint density at radius 1 is 1.40 bits per heavy atom. The molecule has 0 aliphatic rings. The monoisotopic (exact) mass is 278 g/mol. The standard InChI is InChI=1S/C13H14N2O5/c1-2-19-10-5-3-4-9(13(17)18)12(10)20-8-11(16)15-7-6-14/h3-5H,2,7-8H2,1H3,(H,15,16)(H,17,18). The van der Waals surface area contributed by atoms with E-state index in [1.54, 1.807) is 19.1 Å². The van der Waals surface area contributed by atoms with E-state index in [1.165, 1.54) is 12.1 Å². The molecular weight excluding hydrogens is 264 g/mol. The highest BCUT2D eigenvalue weighted by atomic mass is 16.5. The number of rotatable bonds is 7. The molecule has 0 radical (unpaired) electrons. The van der Waals surface area contributed by atoms with Crippen LogP contribution in [0.2, 0.25) is 0 Å². The molecule has 20 heavy (non-hydrogen) atoms. The minimum Gasteiger partial charge on any atom is -0.490 e. The van der Waals surface area contributed by atoms with Crippen molar-refractivity contribution in [3.63, 3.8) is 0 Å². The van der Waals surface area contributed by atoms with Crippen LogP contribution in [-0.2, 0) is 4.79 Å². The zero-order chi connectivity index (χ0) is 15.0. The Morgan fingerprint density at radius 3 is 2.75 bits per heavy atom. The van der Waals surface area contributed by atoms with Gasteiger partial charge in [-0.3, -0.25) is 4.79 Å². The van der Waals surface area contributed by atoms with Crippen molar-refractivity contribution in [2.24, 2.45) is 0 Å². The highest BCUT2D eigenvalue weighted by Crippen LogP contribution is 2.31. The average molecular weight is 278 g/mol. The number of nitrogens with one attached hydrogen (secondary N) is 1. The first kappa shape index (κ1) is 15.3. The molecule has 1 aromatic rings. The van der Waals surface area contributed by atoms with Crippen molar-refractivity contribution in [1.29, 1.82) is 5.26 Å². The van der Waals surface area contributed by atoms with E-state index >= 15 is 0 Å². The summed E-state index contributed by atoms with van der Waals surface area (Å²) in [4.78, 5) is 22.5. The molecule has 0 saturated heterocycles. The lowest BCUT2D eigenvalue weighted by molar-refractivity contribution is -0.122. The summed E-state index contributed by atoms with van der Waals surface area (Å²) in [5.41, 5.74) is -0.0935. The summed E-state index contributed by atoms with van der Waals surface area (Å²) in [6.07, 6.45) is 0. The molecule has 0 heterocycles. The Hall–Kier alpha value is -2.75. The second-order valence-corrected chi connectivity index (χ2v) is 3.59. The molecule has 0 atom stereocenters. The third-order valence-electron chi connectivity index (χ3n) is 2.22. The average Bonchev–Trinajstić information content (AvgIpc) is 2.43. The maximum atomic E-state index is 11.4. The van der Waals surface area contributed by atoms with Gasteiger partial charge in [-0.25, -0.2) is 4.79 Å². The highest BCUT2D eigenvalue weighted by molar-refractivity contribution is 5.92. The van der Waals surface area contributed by atoms with E-state index in [1.807, 2.05) is 0 Å². The van der Waals surface area contributed by atoms with Crippen molar-refractivity contribution in [1.82, 2.24) is 5.32 Å². The van der Waals surface area contributed by atoms with E-state index in [-0.39, 0.29) is 23.6 Å². The predicted molar refractivity (Wildman–Crippen MR) is 68.7 cm³/mol. The van der Waals surface area contributed by atoms with Crippen molar-refractivity contribution in [3.8, 4) is 17.6 Å². The van der Waals surface area contributed by atoms with Crippen LogP contribution in [0.25, 0.3) is 0 Å². The third kappa shape index (κ3) is 4.17. The second kappa shape index (κ2) is 7.63. The molecule has 0 aliphatic heterocycles. The van der Waals surface area contributed by atoms with Gasteiger partial charge in [0.25, 0.3) is 5.91 Å². The molecule has 106 valence electrons. The molecule has 2 N–H and O–H groups in total. The van der Waals surface area contributed by atoms with Gasteiger partial charge in [0.15, 0.2) is 18.1 Å². The molecule has 0 unspecified atom stereocenters. The number of amides is 1. The largest absolute Gasteiger partial charge is 0.490 e. The summed E-state index contributed by atoms with van der Waals surface area (Å²) < 4.78 is 10.5. The molecule has 1 amide bonds. The first-order valence-corrected chi connectivity index (χ1v) is 5.85. The lowest BCUT2D eigenvalue weighted by Gasteiger charge is -2.13. The molecule has 7 nitrogen and oxygen atoms in total. The van der Waals surface area contributed by atoms with Gasteiger partial charge in [0.2, 0.25) is 0 Å². The maximum Gasteiger partial charge on any atom is 0.339 e. The van der Waals surface area contributed by atoms with Crippen LogP contribution in [0.3, 0.4) is 0 Å². The molecular formula is C13H14N2O5. The molecule has 0 bridgehead atoms. The third-order valence-corrected chi connectivity index (χ3v) is 2.22. The van der Waals surface area contributed by atoms with Crippen molar-refractivity contribution in [2.45, 2.75) is 6.92 Å². The van der Waals surface area contributed by atoms with Crippen LogP contribution < -0.4 is 14.8 Å². The van der Waals surface area contributed by atoms with E-state index in [0.29, 0.717) is 6.61 Å². The molecule has 0 saturated carbocycles. The van der Waals surface area contributed by atoms with Gasteiger partial charge in [0.1, 0.15) is 12.1 Å². The number of nitriles is 1. The summed E-state index contributed by atoms with van der Waals surface area (Å²) in [5.74, 6) is -1.46. The number of aromatic carboxylic acids is 1. The smallest absolute Gasteiger partial charge is 0.339 e. The Balaban J connectivity index is 2.88. The van der Waals surface area contributed by atoms with Crippen LogP contribution in [0.4, 0.5) is 0 Å². The van der Waals surface area contributed by atoms with Crippen LogP contribution in [-0.4, -0.2) is 36.7 Å². The Labute approximate surface area is 115 Å². The van der Waals surface area contributed by atoms with Gasteiger partial charge in [-0.15, -0.1) is 0 Å². The fraction of sp³-hybridized carbons (Fsp3) is 0.308. The number of ether oxygens (including phenoxy) is 2. The zero-order valence-corrected chi connectivity index (χ0v) is 10.9. The minimum atomic E-state index is -1.18. The number of hydrogen-bond donors (Lipinski definition) is 2. The van der Waals surface area contributed by atoms with Gasteiger partial charge in [0.05, 0.1) is 12.7 Å². The Bertz CT molecular complexity index is 536. The van der Waals surface area contributed by atoms with Gasteiger partial charge in [-0.1, -0.05) is 6.07 Å². The number of carboxylic acids is 1. The molecule has 0 aromatic heterocycles. The second-order valence-electron chi connectivity index (χ2n) is 3.59. The first-order valence-electron chi connectivity index (χ1n) is 5.85. The summed E-state index contributed by atoms with van der Waals surface area (Å²) >= 11 is 0. The normalized spacial score (nSPS) is 9.40. The first-order chi connectivity index (χ1) is 9.60. The fourth-order valence-electron chi connectivity index (χ4n) is 1.43. The van der Waals surface area contributed by atoms with E-state index < -0.39 is 18.5 Å². The van der Waals surface area contributed by atoms with E-state index in [2.05, 4.69) is 5.32 Å². The van der Waals surface area contributed by atoms with Gasteiger partial charge in [-0.05, 0) is 19.1 Å². The quantitative estimate of drug-likeness (QED) is 0.714. The highest BCUT2D eigenvalue weighted by Gasteiger charge is 2.17. The molecule has 7 heteroatoms. The molecule has 0 fully saturated rings. The Morgan fingerprint density at radius 2 is 2.15 bits per heavy atom. The summed E-state index contributed by atoms with van der Waals surface area (Å²) in [6.45, 7) is 1.55. The van der Waals surface area contributed by atoms with Gasteiger partial charge >= 0.3 is 5.97 Å². The van der Waals surface area contributed by atoms with E-state index in [4.69, 9.17) is 19.8 Å². The minimum absolute atomic E-state index is 0.00559. The molecule has 1 aromatic carbocycles. The molecule has 0 spiro atoms. The number of benzene rings is 1. The van der Waals surface area contributed by atoms with Crippen molar-refractivity contribution in [2.75, 3.05) is 19.8 Å². The van der Waals surface area contributed by atoms with Gasteiger partial charge in [-0.2, -0.15) is 5.26 Å². The fourth-order valence-corrected chi connectivity index (χ4v) is 1.43. The maximum absolute atomic E-state index is 11.4. The lowest BCUT2D eigenvalue weighted by atomic mass is 10.2. The van der Waals surface area contributed by atoms with Crippen molar-refractivity contribution in [3.05, 3.63) is 23.8 Å². The van der Waals surface area contributed by atoms with Crippen LogP contribution in [0.1, 0.15) is 17.3 Å². The lowest BCUT2D eigenvalue weighted by Crippen LogP contribution is -2.29. The number of carboxylic acid groups (broad SMARTS) is 1. The SMILES string of the molecule is CCOc1cccc(C(=O)O)c1OCC(=O)NCC#N. The number of hydrogen-bond acceptors (Lipinski definition) is 5. The molecule has 1 rings (SSSR count). The number of carbonyl (C=O) groups excluding carboxylic acids is 1. The number of para-hydroxylation sites is 1. The summed E-state index contributed by atoms with van der Waals surface area (Å²) in [7, 11) is 0. The summed E-state index contributed by atoms with van der Waals surface area (Å²) in [6, 6.07) is 6.19. The van der Waals surface area contributed by atoms with Gasteiger partial charge < -0.3 is 19.9 Å². The molecule has 0 aliphatic carbocycles. The van der Waals surface area contributed by atoms with Crippen LogP contribution in [0.15, 0.2) is 18.2 Å². The summed E-state index contributed by atoms with van der Waals surface area (Å²) in [5, 5.41) is 19.7. The van der Waals surface area contributed by atoms with Crippen molar-refractivity contribution >= 4 is 11.9 Å². The van der Waals surface area contributed by atoms with E-state index in [9.17, 15) is 9.59 Å². The predicted octanol–water partition coefficient (Wildman–Crippen LogP) is 0.802. The zero-order valence-electron chi connectivity index (χ0n) is 10.9. The van der Waals surface area contributed by atoms with Crippen LogP contribution >= 0.6 is 0 Å². The number of carbonyl (C=O) groups is 2. The van der Waals surface area contributed by atoms with Gasteiger partial charge in [0, 0.05) is 0 Å².